The van der Waals surface area contributed by atoms with Gasteiger partial charge in [0.15, 0.2) is 5.65 Å². The highest BCUT2D eigenvalue weighted by atomic mass is 15.3. The first-order chi connectivity index (χ1) is 9.02. The van der Waals surface area contributed by atoms with Gasteiger partial charge >= 0.3 is 0 Å². The highest BCUT2D eigenvalue weighted by Gasteiger charge is 2.34. The van der Waals surface area contributed by atoms with Crippen LogP contribution in [-0.2, 0) is 11.8 Å². The Hall–Kier alpha value is -1.42. The van der Waals surface area contributed by atoms with Crippen LogP contribution in [0.1, 0.15) is 56.6 Å². The Morgan fingerprint density at radius 2 is 2.16 bits per heavy atom. The molecule has 0 aromatic carbocycles. The van der Waals surface area contributed by atoms with Gasteiger partial charge in [-0.25, -0.2) is 9.50 Å². The summed E-state index contributed by atoms with van der Waals surface area (Å²) in [6, 6.07) is 3.25. The number of nitrogens with one attached hydrogen (secondary N) is 1. The molecule has 1 fully saturated rings. The standard InChI is InChI=1S/C15H20N4/c1-15(2,3)13-7-14-16-8-10-11-5-4-9(17-11)6-12(10)19(14)18-13/h7-9,11,17H,4-6H2,1-3H3/t9-,11+/m0/s1. The van der Waals surface area contributed by atoms with Crippen molar-refractivity contribution < 1.29 is 0 Å². The summed E-state index contributed by atoms with van der Waals surface area (Å²) >= 11 is 0. The molecule has 0 amide bonds. The molecule has 4 rings (SSSR count). The zero-order chi connectivity index (χ0) is 13.2. The number of rotatable bonds is 0. The van der Waals surface area contributed by atoms with Gasteiger partial charge in [-0.15, -0.1) is 0 Å². The van der Waals surface area contributed by atoms with Crippen LogP contribution in [0.25, 0.3) is 5.65 Å². The summed E-state index contributed by atoms with van der Waals surface area (Å²) in [4.78, 5) is 4.61. The monoisotopic (exact) mass is 256 g/mol. The van der Waals surface area contributed by atoms with Gasteiger partial charge in [0, 0.05) is 41.7 Å². The molecule has 2 aromatic heterocycles. The summed E-state index contributed by atoms with van der Waals surface area (Å²) < 4.78 is 2.09. The number of fused-ring (bicyclic) bond motifs is 6. The van der Waals surface area contributed by atoms with E-state index in [1.54, 1.807) is 0 Å². The van der Waals surface area contributed by atoms with E-state index >= 15 is 0 Å². The molecule has 4 heteroatoms. The smallest absolute Gasteiger partial charge is 0.155 e. The van der Waals surface area contributed by atoms with Crippen molar-refractivity contribution in [3.63, 3.8) is 0 Å². The molecule has 0 aliphatic carbocycles. The molecule has 0 saturated carbocycles. The van der Waals surface area contributed by atoms with Gasteiger partial charge in [0.25, 0.3) is 0 Å². The average molecular weight is 256 g/mol. The number of nitrogens with zero attached hydrogens (tertiary/aromatic N) is 3. The largest absolute Gasteiger partial charge is 0.307 e. The molecule has 2 aliphatic heterocycles. The van der Waals surface area contributed by atoms with Gasteiger partial charge in [0.05, 0.1) is 11.4 Å². The maximum atomic E-state index is 4.82. The van der Waals surface area contributed by atoms with Crippen LogP contribution in [0.3, 0.4) is 0 Å². The number of aromatic nitrogens is 3. The molecule has 1 saturated heterocycles. The van der Waals surface area contributed by atoms with Gasteiger partial charge in [0.2, 0.25) is 0 Å². The van der Waals surface area contributed by atoms with Crippen LogP contribution < -0.4 is 5.32 Å². The lowest BCUT2D eigenvalue weighted by Crippen LogP contribution is -2.33. The maximum absolute atomic E-state index is 4.82. The molecule has 2 aliphatic rings. The van der Waals surface area contributed by atoms with E-state index in [1.807, 2.05) is 0 Å². The Balaban J connectivity index is 1.94. The van der Waals surface area contributed by atoms with Crippen LogP contribution >= 0.6 is 0 Å². The third-order valence-corrected chi connectivity index (χ3v) is 4.44. The van der Waals surface area contributed by atoms with Crippen LogP contribution in [0.15, 0.2) is 12.3 Å². The normalized spacial score (nSPS) is 25.8. The molecular formula is C15H20N4. The predicted octanol–water partition coefficient (Wildman–Crippen LogP) is 2.38. The van der Waals surface area contributed by atoms with Crippen molar-refractivity contribution in [1.82, 2.24) is 19.9 Å². The van der Waals surface area contributed by atoms with Crippen molar-refractivity contribution in [2.75, 3.05) is 0 Å². The van der Waals surface area contributed by atoms with Crippen LogP contribution in [0.5, 0.6) is 0 Å². The molecule has 19 heavy (non-hydrogen) atoms. The van der Waals surface area contributed by atoms with E-state index in [0.717, 1.165) is 17.8 Å². The summed E-state index contributed by atoms with van der Waals surface area (Å²) in [5, 5.41) is 8.49. The molecule has 2 aromatic rings. The second-order valence-electron chi connectivity index (χ2n) is 6.91. The predicted molar refractivity (Wildman–Crippen MR) is 74.3 cm³/mol. The second-order valence-corrected chi connectivity index (χ2v) is 6.91. The summed E-state index contributed by atoms with van der Waals surface area (Å²) in [6.07, 6.45) is 5.64. The summed E-state index contributed by atoms with van der Waals surface area (Å²) in [5.74, 6) is 0. The van der Waals surface area contributed by atoms with Crippen molar-refractivity contribution in [1.29, 1.82) is 0 Å². The van der Waals surface area contributed by atoms with Crippen molar-refractivity contribution >= 4 is 5.65 Å². The van der Waals surface area contributed by atoms with E-state index in [9.17, 15) is 0 Å². The van der Waals surface area contributed by atoms with Gasteiger partial charge in [-0.3, -0.25) is 0 Å². The van der Waals surface area contributed by atoms with Gasteiger partial charge in [-0.1, -0.05) is 20.8 Å². The molecule has 100 valence electrons. The van der Waals surface area contributed by atoms with Crippen molar-refractivity contribution in [3.05, 3.63) is 29.2 Å². The Kier molecular flexibility index (Phi) is 2.14. The lowest BCUT2D eigenvalue weighted by molar-refractivity contribution is 0.492. The Bertz CT molecular complexity index is 650. The fourth-order valence-electron chi connectivity index (χ4n) is 3.31. The lowest BCUT2D eigenvalue weighted by atomic mass is 9.93. The SMILES string of the molecule is CC(C)(C)c1cc2ncc3c(n2n1)C[C@@H]1CC[C@H]3N1. The average Bonchev–Trinajstić information content (AvgIpc) is 2.93. The topological polar surface area (TPSA) is 42.2 Å². The van der Waals surface area contributed by atoms with Crippen molar-refractivity contribution in [2.24, 2.45) is 0 Å². The van der Waals surface area contributed by atoms with Gasteiger partial charge in [-0.05, 0) is 12.8 Å². The summed E-state index contributed by atoms with van der Waals surface area (Å²) in [7, 11) is 0. The molecule has 1 N–H and O–H groups in total. The second kappa shape index (κ2) is 3.57. The van der Waals surface area contributed by atoms with Gasteiger partial charge in [-0.2, -0.15) is 5.10 Å². The minimum absolute atomic E-state index is 0.0759. The number of hydrogen-bond acceptors (Lipinski definition) is 3. The first-order valence-corrected chi connectivity index (χ1v) is 7.16. The molecule has 4 nitrogen and oxygen atoms in total. The molecule has 0 radical (unpaired) electrons. The van der Waals surface area contributed by atoms with E-state index in [4.69, 9.17) is 5.10 Å². The third kappa shape index (κ3) is 1.62. The van der Waals surface area contributed by atoms with E-state index in [-0.39, 0.29) is 5.41 Å². The van der Waals surface area contributed by atoms with E-state index in [1.165, 1.54) is 24.1 Å². The van der Waals surface area contributed by atoms with Crippen LogP contribution in [0.2, 0.25) is 0 Å². The Morgan fingerprint density at radius 3 is 2.95 bits per heavy atom. The van der Waals surface area contributed by atoms with E-state index in [0.29, 0.717) is 12.1 Å². The van der Waals surface area contributed by atoms with Gasteiger partial charge < -0.3 is 5.32 Å². The molecule has 0 unspecified atom stereocenters. The van der Waals surface area contributed by atoms with E-state index < -0.39 is 0 Å². The lowest BCUT2D eigenvalue weighted by Gasteiger charge is -2.24. The summed E-state index contributed by atoms with van der Waals surface area (Å²) in [6.45, 7) is 6.60. The fourth-order valence-corrected chi connectivity index (χ4v) is 3.31. The first-order valence-electron chi connectivity index (χ1n) is 7.16. The zero-order valence-electron chi connectivity index (χ0n) is 11.8. The molecular weight excluding hydrogens is 236 g/mol. The highest BCUT2D eigenvalue weighted by molar-refractivity contribution is 5.45. The molecule has 2 bridgehead atoms. The first kappa shape index (κ1) is 11.4. The quantitative estimate of drug-likeness (QED) is 0.787. The molecule has 0 spiro atoms. The van der Waals surface area contributed by atoms with Crippen LogP contribution in [-0.4, -0.2) is 20.6 Å². The Labute approximate surface area is 113 Å². The van der Waals surface area contributed by atoms with Gasteiger partial charge in [0.1, 0.15) is 0 Å². The van der Waals surface area contributed by atoms with Crippen LogP contribution in [0, 0.1) is 0 Å². The fraction of sp³-hybridized carbons (Fsp3) is 0.600. The third-order valence-electron chi connectivity index (χ3n) is 4.44. The Morgan fingerprint density at radius 1 is 1.32 bits per heavy atom. The van der Waals surface area contributed by atoms with Crippen molar-refractivity contribution in [2.45, 2.75) is 57.5 Å². The van der Waals surface area contributed by atoms with Crippen molar-refractivity contribution in [3.8, 4) is 0 Å². The summed E-state index contributed by atoms with van der Waals surface area (Å²) in [5.41, 5.74) is 4.91. The maximum Gasteiger partial charge on any atom is 0.155 e. The molecule has 2 atom stereocenters. The number of hydrogen-bond donors (Lipinski definition) is 1. The minimum atomic E-state index is 0.0759. The minimum Gasteiger partial charge on any atom is -0.307 e. The highest BCUT2D eigenvalue weighted by Crippen LogP contribution is 2.35. The molecule has 4 heterocycles. The zero-order valence-corrected chi connectivity index (χ0v) is 11.8. The van der Waals surface area contributed by atoms with Crippen LogP contribution in [0.4, 0.5) is 0 Å². The van der Waals surface area contributed by atoms with E-state index in [2.05, 4.69) is 47.9 Å².